The molecule has 0 bridgehead atoms. The predicted octanol–water partition coefficient (Wildman–Crippen LogP) is 3.83. The molecule has 0 unspecified atom stereocenters. The third-order valence-electron chi connectivity index (χ3n) is 4.11. The standard InChI is InChI=1S/C15H20BrFN2O/c16-11-5-6-12(17)13(9-11)19-14(20)15(10-18)7-3-1-2-4-8-15/h5-6,9H,1-4,7-8,10,18H2,(H,19,20). The van der Waals surface area contributed by atoms with Gasteiger partial charge in [-0.25, -0.2) is 4.39 Å². The molecule has 1 aliphatic carbocycles. The molecule has 1 fully saturated rings. The fourth-order valence-electron chi connectivity index (χ4n) is 2.78. The van der Waals surface area contributed by atoms with E-state index in [9.17, 15) is 9.18 Å². The molecular weight excluding hydrogens is 323 g/mol. The van der Waals surface area contributed by atoms with Gasteiger partial charge in [0.2, 0.25) is 5.91 Å². The van der Waals surface area contributed by atoms with Crippen LogP contribution >= 0.6 is 15.9 Å². The first kappa shape index (κ1) is 15.4. The molecule has 0 atom stereocenters. The molecule has 5 heteroatoms. The number of anilines is 1. The van der Waals surface area contributed by atoms with Crippen molar-refractivity contribution in [1.82, 2.24) is 0 Å². The molecule has 110 valence electrons. The van der Waals surface area contributed by atoms with Crippen molar-refractivity contribution in [3.63, 3.8) is 0 Å². The Hall–Kier alpha value is -0.940. The highest BCUT2D eigenvalue weighted by Crippen LogP contribution is 2.35. The van der Waals surface area contributed by atoms with Crippen molar-refractivity contribution in [3.8, 4) is 0 Å². The van der Waals surface area contributed by atoms with Crippen LogP contribution in [0, 0.1) is 11.2 Å². The van der Waals surface area contributed by atoms with Crippen molar-refractivity contribution in [2.45, 2.75) is 38.5 Å². The maximum atomic E-state index is 13.7. The molecule has 3 N–H and O–H groups in total. The van der Waals surface area contributed by atoms with Crippen LogP contribution in [0.3, 0.4) is 0 Å². The number of nitrogens with one attached hydrogen (secondary N) is 1. The van der Waals surface area contributed by atoms with Crippen molar-refractivity contribution >= 4 is 27.5 Å². The molecule has 1 aromatic carbocycles. The van der Waals surface area contributed by atoms with Gasteiger partial charge in [-0.2, -0.15) is 0 Å². The molecule has 1 amide bonds. The van der Waals surface area contributed by atoms with Gasteiger partial charge >= 0.3 is 0 Å². The second-order valence-corrected chi connectivity index (χ2v) is 6.39. The van der Waals surface area contributed by atoms with Gasteiger partial charge in [0.25, 0.3) is 0 Å². The summed E-state index contributed by atoms with van der Waals surface area (Å²) in [6.07, 6.45) is 5.85. The fourth-order valence-corrected chi connectivity index (χ4v) is 3.14. The molecule has 1 aromatic rings. The van der Waals surface area contributed by atoms with E-state index < -0.39 is 11.2 Å². The summed E-state index contributed by atoms with van der Waals surface area (Å²) in [5, 5.41) is 2.72. The van der Waals surface area contributed by atoms with Crippen molar-refractivity contribution in [2.75, 3.05) is 11.9 Å². The van der Waals surface area contributed by atoms with Gasteiger partial charge in [0, 0.05) is 11.0 Å². The average molecular weight is 343 g/mol. The number of nitrogens with two attached hydrogens (primary N) is 1. The molecule has 0 aliphatic heterocycles. The quantitative estimate of drug-likeness (QED) is 0.820. The minimum atomic E-state index is -0.550. The Morgan fingerprint density at radius 2 is 1.95 bits per heavy atom. The number of carbonyl (C=O) groups is 1. The Kier molecular flexibility index (Phi) is 5.16. The highest BCUT2D eigenvalue weighted by Gasteiger charge is 2.37. The number of benzene rings is 1. The lowest BCUT2D eigenvalue weighted by Crippen LogP contribution is -2.42. The Morgan fingerprint density at radius 3 is 2.55 bits per heavy atom. The molecule has 20 heavy (non-hydrogen) atoms. The smallest absolute Gasteiger partial charge is 0.231 e. The van der Waals surface area contributed by atoms with E-state index in [0.29, 0.717) is 6.54 Å². The normalized spacial score (nSPS) is 18.4. The summed E-state index contributed by atoms with van der Waals surface area (Å²) in [5.74, 6) is -0.582. The Bertz CT molecular complexity index is 485. The van der Waals surface area contributed by atoms with E-state index in [1.54, 1.807) is 12.1 Å². The Labute approximate surface area is 127 Å². The molecule has 0 spiro atoms. The second-order valence-electron chi connectivity index (χ2n) is 5.48. The van der Waals surface area contributed by atoms with Crippen LogP contribution in [0.5, 0.6) is 0 Å². The molecule has 0 radical (unpaired) electrons. The largest absolute Gasteiger partial charge is 0.329 e. The first-order valence-corrected chi connectivity index (χ1v) is 7.83. The summed E-state index contributed by atoms with van der Waals surface area (Å²) in [6.45, 7) is 0.314. The van der Waals surface area contributed by atoms with Gasteiger partial charge in [0.1, 0.15) is 5.82 Å². The van der Waals surface area contributed by atoms with Crippen LogP contribution in [-0.2, 0) is 4.79 Å². The van der Waals surface area contributed by atoms with Gasteiger partial charge in [-0.15, -0.1) is 0 Å². The molecule has 0 heterocycles. The van der Waals surface area contributed by atoms with E-state index in [2.05, 4.69) is 21.2 Å². The minimum absolute atomic E-state index is 0.154. The number of rotatable bonds is 3. The summed E-state index contributed by atoms with van der Waals surface area (Å²) < 4.78 is 14.5. The van der Waals surface area contributed by atoms with Gasteiger partial charge < -0.3 is 11.1 Å². The van der Waals surface area contributed by atoms with Gasteiger partial charge in [-0.05, 0) is 31.0 Å². The van der Waals surface area contributed by atoms with Crippen LogP contribution < -0.4 is 11.1 Å². The molecule has 0 aromatic heterocycles. The van der Waals surface area contributed by atoms with Crippen molar-refractivity contribution in [1.29, 1.82) is 0 Å². The number of hydrogen-bond acceptors (Lipinski definition) is 2. The van der Waals surface area contributed by atoms with Crippen LogP contribution in [0.2, 0.25) is 0 Å². The predicted molar refractivity (Wildman–Crippen MR) is 81.9 cm³/mol. The summed E-state index contributed by atoms with van der Waals surface area (Å²) >= 11 is 3.28. The van der Waals surface area contributed by atoms with E-state index in [4.69, 9.17) is 5.73 Å². The molecule has 2 rings (SSSR count). The van der Waals surface area contributed by atoms with Crippen LogP contribution in [0.15, 0.2) is 22.7 Å². The maximum Gasteiger partial charge on any atom is 0.231 e. The van der Waals surface area contributed by atoms with Crippen molar-refractivity contribution < 1.29 is 9.18 Å². The van der Waals surface area contributed by atoms with Gasteiger partial charge in [-0.1, -0.05) is 41.6 Å². The van der Waals surface area contributed by atoms with E-state index in [0.717, 1.165) is 43.0 Å². The zero-order chi connectivity index (χ0) is 14.6. The Morgan fingerprint density at radius 1 is 1.30 bits per heavy atom. The van der Waals surface area contributed by atoms with Crippen molar-refractivity contribution in [2.24, 2.45) is 11.1 Å². The third kappa shape index (κ3) is 3.38. The average Bonchev–Trinajstić information content (AvgIpc) is 2.69. The maximum absolute atomic E-state index is 13.7. The van der Waals surface area contributed by atoms with E-state index in [1.165, 1.54) is 6.07 Å². The van der Waals surface area contributed by atoms with E-state index in [-0.39, 0.29) is 11.6 Å². The van der Waals surface area contributed by atoms with E-state index >= 15 is 0 Å². The van der Waals surface area contributed by atoms with E-state index in [1.807, 2.05) is 0 Å². The summed E-state index contributed by atoms with van der Waals surface area (Å²) in [7, 11) is 0. The van der Waals surface area contributed by atoms with Gasteiger partial charge in [0.15, 0.2) is 0 Å². The first-order chi connectivity index (χ1) is 9.57. The first-order valence-electron chi connectivity index (χ1n) is 7.04. The molecule has 0 saturated heterocycles. The summed E-state index contributed by atoms with van der Waals surface area (Å²) in [6, 6.07) is 4.52. The number of carbonyl (C=O) groups excluding carboxylic acids is 1. The molecular formula is C15H20BrFN2O. The molecule has 1 aliphatic rings. The van der Waals surface area contributed by atoms with Crippen LogP contribution in [0.25, 0.3) is 0 Å². The Balaban J connectivity index is 2.18. The number of halogens is 2. The summed E-state index contributed by atoms with van der Waals surface area (Å²) in [5.41, 5.74) is 5.53. The topological polar surface area (TPSA) is 55.1 Å². The van der Waals surface area contributed by atoms with Crippen LogP contribution in [-0.4, -0.2) is 12.5 Å². The second kappa shape index (κ2) is 6.68. The third-order valence-corrected chi connectivity index (χ3v) is 4.60. The lowest BCUT2D eigenvalue weighted by Gasteiger charge is -2.29. The highest BCUT2D eigenvalue weighted by atomic mass is 79.9. The fraction of sp³-hybridized carbons (Fsp3) is 0.533. The van der Waals surface area contributed by atoms with Crippen LogP contribution in [0.4, 0.5) is 10.1 Å². The SMILES string of the molecule is NCC1(C(=O)Nc2cc(Br)ccc2F)CCCCCC1. The number of amides is 1. The summed E-state index contributed by atoms with van der Waals surface area (Å²) in [4.78, 5) is 12.6. The highest BCUT2D eigenvalue weighted by molar-refractivity contribution is 9.10. The van der Waals surface area contributed by atoms with Crippen LogP contribution in [0.1, 0.15) is 38.5 Å². The lowest BCUT2D eigenvalue weighted by atomic mass is 9.79. The van der Waals surface area contributed by atoms with Gasteiger partial charge in [0.05, 0.1) is 11.1 Å². The van der Waals surface area contributed by atoms with Crippen molar-refractivity contribution in [3.05, 3.63) is 28.5 Å². The molecule has 3 nitrogen and oxygen atoms in total. The van der Waals surface area contributed by atoms with Gasteiger partial charge in [-0.3, -0.25) is 4.79 Å². The molecule has 1 saturated carbocycles. The lowest BCUT2D eigenvalue weighted by molar-refractivity contribution is -0.125. The zero-order valence-corrected chi connectivity index (χ0v) is 13.0. The number of hydrogen-bond donors (Lipinski definition) is 2. The monoisotopic (exact) mass is 342 g/mol. The zero-order valence-electron chi connectivity index (χ0n) is 11.4. The minimum Gasteiger partial charge on any atom is -0.329 e.